The molecule has 0 saturated heterocycles. The molecule has 1 N–H and O–H groups in total. The SMILES string of the molecule is Fc1ccc(COCCNCC[C@@H](OCc2ccccc2)c2ccc(Cl)cc2)c(F)c1F. The molecule has 0 heterocycles. The minimum absolute atomic E-state index is 0.0129. The van der Waals surface area contributed by atoms with Crippen LogP contribution >= 0.6 is 11.6 Å². The number of hydrogen-bond donors (Lipinski definition) is 1. The maximum Gasteiger partial charge on any atom is 0.194 e. The topological polar surface area (TPSA) is 30.5 Å². The van der Waals surface area contributed by atoms with E-state index in [0.29, 0.717) is 31.3 Å². The molecule has 0 aliphatic carbocycles. The van der Waals surface area contributed by atoms with Crippen LogP contribution in [-0.4, -0.2) is 19.7 Å². The first-order chi connectivity index (χ1) is 15.5. The summed E-state index contributed by atoms with van der Waals surface area (Å²) < 4.78 is 51.4. The van der Waals surface area contributed by atoms with Gasteiger partial charge in [-0.15, -0.1) is 0 Å². The van der Waals surface area contributed by atoms with Crippen LogP contribution in [0.15, 0.2) is 66.7 Å². The number of nitrogens with one attached hydrogen (secondary N) is 1. The predicted octanol–water partition coefficient (Wildman–Crippen LogP) is 6.21. The van der Waals surface area contributed by atoms with Crippen LogP contribution in [0.25, 0.3) is 0 Å². The lowest BCUT2D eigenvalue weighted by Gasteiger charge is -2.19. The normalized spacial score (nSPS) is 12.1. The van der Waals surface area contributed by atoms with Crippen LogP contribution in [0.3, 0.4) is 0 Å². The van der Waals surface area contributed by atoms with Gasteiger partial charge in [0.15, 0.2) is 17.5 Å². The molecule has 0 fully saturated rings. The van der Waals surface area contributed by atoms with Crippen LogP contribution in [0.5, 0.6) is 0 Å². The van der Waals surface area contributed by atoms with Crippen molar-refractivity contribution in [3.63, 3.8) is 0 Å². The van der Waals surface area contributed by atoms with E-state index < -0.39 is 17.5 Å². The van der Waals surface area contributed by atoms with E-state index in [1.165, 1.54) is 6.07 Å². The summed E-state index contributed by atoms with van der Waals surface area (Å²) in [6.45, 7) is 1.87. The fourth-order valence-electron chi connectivity index (χ4n) is 3.16. The molecule has 0 radical (unpaired) electrons. The quantitative estimate of drug-likeness (QED) is 0.256. The maximum atomic E-state index is 13.6. The molecule has 0 aliphatic heterocycles. The lowest BCUT2D eigenvalue weighted by Crippen LogP contribution is -2.23. The summed E-state index contributed by atoms with van der Waals surface area (Å²) in [6, 6.07) is 19.6. The van der Waals surface area contributed by atoms with E-state index in [4.69, 9.17) is 21.1 Å². The number of halogens is 4. The van der Waals surface area contributed by atoms with Crippen molar-refractivity contribution >= 4 is 11.6 Å². The van der Waals surface area contributed by atoms with E-state index in [2.05, 4.69) is 5.32 Å². The molecule has 1 atom stereocenters. The van der Waals surface area contributed by atoms with Crippen molar-refractivity contribution in [1.82, 2.24) is 5.32 Å². The molecular weight excluding hydrogens is 439 g/mol. The number of rotatable bonds is 12. The number of benzene rings is 3. The van der Waals surface area contributed by atoms with Gasteiger partial charge in [-0.1, -0.05) is 60.1 Å². The molecule has 0 aromatic heterocycles. The van der Waals surface area contributed by atoms with E-state index in [1.54, 1.807) is 0 Å². The first-order valence-electron chi connectivity index (χ1n) is 10.4. The summed E-state index contributed by atoms with van der Waals surface area (Å²) in [5, 5.41) is 3.93. The third-order valence-electron chi connectivity index (χ3n) is 4.92. The van der Waals surface area contributed by atoms with E-state index in [-0.39, 0.29) is 18.3 Å². The molecular formula is C25H25ClF3NO2. The lowest BCUT2D eigenvalue weighted by molar-refractivity contribution is 0.0335. The second-order valence-electron chi connectivity index (χ2n) is 7.26. The van der Waals surface area contributed by atoms with E-state index in [1.807, 2.05) is 54.6 Å². The van der Waals surface area contributed by atoms with Gasteiger partial charge in [-0.05, 0) is 42.3 Å². The second kappa shape index (κ2) is 12.6. The zero-order chi connectivity index (χ0) is 22.8. The maximum absolute atomic E-state index is 13.6. The highest BCUT2D eigenvalue weighted by Crippen LogP contribution is 2.24. The Labute approximate surface area is 191 Å². The standard InChI is InChI=1S/C25H25ClF3NO2/c26-21-9-6-19(7-10-21)23(32-16-18-4-2-1-3-5-18)12-13-30-14-15-31-17-20-8-11-22(27)25(29)24(20)28/h1-11,23,30H,12-17H2/t23-/m1/s1. The fraction of sp³-hybridized carbons (Fsp3) is 0.280. The Kier molecular flexibility index (Phi) is 9.56. The second-order valence-corrected chi connectivity index (χ2v) is 7.70. The molecule has 170 valence electrons. The molecule has 0 bridgehead atoms. The van der Waals surface area contributed by atoms with Gasteiger partial charge in [0.25, 0.3) is 0 Å². The molecule has 3 rings (SSSR count). The van der Waals surface area contributed by atoms with Gasteiger partial charge in [0.05, 0.1) is 25.9 Å². The van der Waals surface area contributed by atoms with Gasteiger partial charge < -0.3 is 14.8 Å². The molecule has 3 aromatic rings. The highest BCUT2D eigenvalue weighted by Gasteiger charge is 2.14. The summed E-state index contributed by atoms with van der Waals surface area (Å²) in [7, 11) is 0. The van der Waals surface area contributed by atoms with Gasteiger partial charge in [-0.25, -0.2) is 13.2 Å². The van der Waals surface area contributed by atoms with Crippen molar-refractivity contribution in [2.45, 2.75) is 25.7 Å². The molecule has 0 aliphatic rings. The van der Waals surface area contributed by atoms with Crippen molar-refractivity contribution in [3.8, 4) is 0 Å². The van der Waals surface area contributed by atoms with Crippen LogP contribution < -0.4 is 5.32 Å². The Morgan fingerprint density at radius 3 is 2.31 bits per heavy atom. The van der Waals surface area contributed by atoms with Crippen molar-refractivity contribution in [1.29, 1.82) is 0 Å². The molecule has 0 spiro atoms. The van der Waals surface area contributed by atoms with Crippen LogP contribution in [0.2, 0.25) is 5.02 Å². The van der Waals surface area contributed by atoms with Gasteiger partial charge in [0.2, 0.25) is 0 Å². The van der Waals surface area contributed by atoms with Crippen LogP contribution in [0.1, 0.15) is 29.2 Å². The Morgan fingerprint density at radius 2 is 1.56 bits per heavy atom. The smallest absolute Gasteiger partial charge is 0.194 e. The predicted molar refractivity (Wildman–Crippen MR) is 119 cm³/mol. The van der Waals surface area contributed by atoms with E-state index in [9.17, 15) is 13.2 Å². The summed E-state index contributed by atoms with van der Waals surface area (Å²) >= 11 is 6.01. The summed E-state index contributed by atoms with van der Waals surface area (Å²) in [5.41, 5.74) is 2.12. The Bertz CT molecular complexity index is 971. The summed E-state index contributed by atoms with van der Waals surface area (Å²) in [4.78, 5) is 0. The Balaban J connectivity index is 1.42. The zero-order valence-corrected chi connectivity index (χ0v) is 18.3. The summed E-state index contributed by atoms with van der Waals surface area (Å²) in [6.07, 6.45) is 0.615. The van der Waals surface area contributed by atoms with Gasteiger partial charge in [-0.3, -0.25) is 0 Å². The lowest BCUT2D eigenvalue weighted by atomic mass is 10.1. The van der Waals surface area contributed by atoms with Crippen molar-refractivity contribution in [3.05, 3.63) is 106 Å². The first-order valence-corrected chi connectivity index (χ1v) is 10.7. The highest BCUT2D eigenvalue weighted by molar-refractivity contribution is 6.30. The largest absolute Gasteiger partial charge is 0.375 e. The summed E-state index contributed by atoms with van der Waals surface area (Å²) in [5.74, 6) is -3.90. The van der Waals surface area contributed by atoms with Crippen molar-refractivity contribution in [2.24, 2.45) is 0 Å². The molecule has 32 heavy (non-hydrogen) atoms. The minimum atomic E-state index is -1.48. The molecule has 0 unspecified atom stereocenters. The molecule has 0 saturated carbocycles. The highest BCUT2D eigenvalue weighted by atomic mass is 35.5. The van der Waals surface area contributed by atoms with Gasteiger partial charge in [-0.2, -0.15) is 0 Å². The van der Waals surface area contributed by atoms with E-state index >= 15 is 0 Å². The monoisotopic (exact) mass is 463 g/mol. The molecule has 7 heteroatoms. The zero-order valence-electron chi connectivity index (χ0n) is 17.5. The van der Waals surface area contributed by atoms with Crippen LogP contribution in [0, 0.1) is 17.5 Å². The van der Waals surface area contributed by atoms with Crippen molar-refractivity contribution < 1.29 is 22.6 Å². The van der Waals surface area contributed by atoms with Gasteiger partial charge in [0.1, 0.15) is 0 Å². The average Bonchev–Trinajstić information content (AvgIpc) is 2.81. The van der Waals surface area contributed by atoms with Gasteiger partial charge in [0, 0.05) is 17.1 Å². The third-order valence-corrected chi connectivity index (χ3v) is 5.17. The molecule has 3 aromatic carbocycles. The third kappa shape index (κ3) is 7.35. The van der Waals surface area contributed by atoms with Crippen LogP contribution in [0.4, 0.5) is 13.2 Å². The fourth-order valence-corrected chi connectivity index (χ4v) is 3.28. The number of ether oxygens (including phenoxy) is 2. The van der Waals surface area contributed by atoms with Crippen LogP contribution in [-0.2, 0) is 22.7 Å². The Hall–Kier alpha value is -2.38. The average molecular weight is 464 g/mol. The van der Waals surface area contributed by atoms with Gasteiger partial charge >= 0.3 is 0 Å². The van der Waals surface area contributed by atoms with Crippen molar-refractivity contribution in [2.75, 3.05) is 19.7 Å². The Morgan fingerprint density at radius 1 is 0.812 bits per heavy atom. The molecule has 0 amide bonds. The van der Waals surface area contributed by atoms with E-state index in [0.717, 1.165) is 23.6 Å². The number of hydrogen-bond acceptors (Lipinski definition) is 3. The minimum Gasteiger partial charge on any atom is -0.375 e. The molecule has 3 nitrogen and oxygen atoms in total. The first kappa shape index (κ1) is 24.3.